The number of piperazine rings is 1. The molecule has 104 valence electrons. The minimum atomic E-state index is 0. The highest BCUT2D eigenvalue weighted by molar-refractivity contribution is 5.85. The van der Waals surface area contributed by atoms with Gasteiger partial charge in [0.05, 0.1) is 0 Å². The van der Waals surface area contributed by atoms with Gasteiger partial charge in [0, 0.05) is 38.5 Å². The molecule has 0 aliphatic carbocycles. The Hall–Kier alpha value is -1.32. The van der Waals surface area contributed by atoms with Gasteiger partial charge in [0.2, 0.25) is 5.91 Å². The Balaban J connectivity index is 0.00000180. The molecule has 1 saturated heterocycles. The second kappa shape index (κ2) is 7.97. The number of rotatable bonds is 4. The molecule has 0 bridgehead atoms. The van der Waals surface area contributed by atoms with Crippen LogP contribution >= 0.6 is 12.4 Å². The molecule has 0 radical (unpaired) electrons. The van der Waals surface area contributed by atoms with Crippen molar-refractivity contribution in [2.45, 2.75) is 12.3 Å². The summed E-state index contributed by atoms with van der Waals surface area (Å²) in [7, 11) is 0. The quantitative estimate of drug-likeness (QED) is 0.858. The highest BCUT2D eigenvalue weighted by Gasteiger charge is 2.19. The number of hydrogen-bond donors (Lipinski definition) is 1. The first-order valence-corrected chi connectivity index (χ1v) is 6.47. The van der Waals surface area contributed by atoms with Gasteiger partial charge < -0.3 is 10.2 Å². The molecule has 1 amide bonds. The molecule has 19 heavy (non-hydrogen) atoms. The van der Waals surface area contributed by atoms with Crippen LogP contribution in [0, 0.1) is 0 Å². The van der Waals surface area contributed by atoms with E-state index in [1.165, 1.54) is 0 Å². The van der Waals surface area contributed by atoms with Gasteiger partial charge in [-0.05, 0) is 5.56 Å². The van der Waals surface area contributed by atoms with Crippen LogP contribution in [-0.4, -0.2) is 37.0 Å². The van der Waals surface area contributed by atoms with Crippen molar-refractivity contribution in [1.82, 2.24) is 10.2 Å². The number of carbonyl (C=O) groups is 1. The third-order valence-electron chi connectivity index (χ3n) is 3.38. The van der Waals surface area contributed by atoms with Crippen LogP contribution in [0.5, 0.6) is 0 Å². The second-order valence-electron chi connectivity index (χ2n) is 4.59. The van der Waals surface area contributed by atoms with Crippen LogP contribution in [-0.2, 0) is 4.79 Å². The molecule has 4 heteroatoms. The average molecular weight is 281 g/mol. The van der Waals surface area contributed by atoms with Crippen LogP contribution < -0.4 is 5.32 Å². The SMILES string of the molecule is C=CC(CC(=O)N1CCNCC1)c1ccccc1.Cl. The smallest absolute Gasteiger partial charge is 0.223 e. The summed E-state index contributed by atoms with van der Waals surface area (Å²) >= 11 is 0. The molecule has 1 aromatic rings. The third-order valence-corrected chi connectivity index (χ3v) is 3.38. The molecule has 1 N–H and O–H groups in total. The van der Waals surface area contributed by atoms with E-state index in [0.29, 0.717) is 6.42 Å². The predicted octanol–water partition coefficient (Wildman–Crippen LogP) is 2.20. The summed E-state index contributed by atoms with van der Waals surface area (Å²) in [5.74, 6) is 0.346. The topological polar surface area (TPSA) is 32.3 Å². The first kappa shape index (κ1) is 15.7. The van der Waals surface area contributed by atoms with Crippen LogP contribution in [0.3, 0.4) is 0 Å². The Morgan fingerprint density at radius 1 is 1.32 bits per heavy atom. The maximum absolute atomic E-state index is 12.2. The second-order valence-corrected chi connectivity index (χ2v) is 4.59. The monoisotopic (exact) mass is 280 g/mol. The number of amides is 1. The number of allylic oxidation sites excluding steroid dienone is 1. The van der Waals surface area contributed by atoms with E-state index in [1.54, 1.807) is 0 Å². The number of halogens is 1. The summed E-state index contributed by atoms with van der Waals surface area (Å²) < 4.78 is 0. The van der Waals surface area contributed by atoms with E-state index in [0.717, 1.165) is 31.7 Å². The number of carbonyl (C=O) groups excluding carboxylic acids is 1. The van der Waals surface area contributed by atoms with Crippen molar-refractivity contribution < 1.29 is 4.79 Å². The lowest BCUT2D eigenvalue weighted by Gasteiger charge is -2.28. The molecule has 3 nitrogen and oxygen atoms in total. The number of benzene rings is 1. The summed E-state index contributed by atoms with van der Waals surface area (Å²) in [5, 5.41) is 3.25. The third kappa shape index (κ3) is 4.37. The van der Waals surface area contributed by atoms with Gasteiger partial charge in [-0.2, -0.15) is 0 Å². The lowest BCUT2D eigenvalue weighted by Crippen LogP contribution is -2.46. The van der Waals surface area contributed by atoms with Gasteiger partial charge in [-0.1, -0.05) is 36.4 Å². The van der Waals surface area contributed by atoms with Crippen molar-refractivity contribution in [3.63, 3.8) is 0 Å². The Morgan fingerprint density at radius 3 is 2.53 bits per heavy atom. The largest absolute Gasteiger partial charge is 0.340 e. The molecular formula is C15H21ClN2O. The van der Waals surface area contributed by atoms with E-state index < -0.39 is 0 Å². The van der Waals surface area contributed by atoms with Crippen molar-refractivity contribution in [2.24, 2.45) is 0 Å². The summed E-state index contributed by atoms with van der Waals surface area (Å²) in [6, 6.07) is 10.1. The lowest BCUT2D eigenvalue weighted by atomic mass is 9.95. The molecule has 1 unspecified atom stereocenters. The molecule has 1 aliphatic rings. The van der Waals surface area contributed by atoms with Crippen molar-refractivity contribution in [3.8, 4) is 0 Å². The standard InChI is InChI=1S/C15H20N2O.ClH/c1-2-13(14-6-4-3-5-7-14)12-15(18)17-10-8-16-9-11-17;/h2-7,13,16H,1,8-12H2;1H. The molecule has 0 aromatic heterocycles. The van der Waals surface area contributed by atoms with Crippen LogP contribution in [0.2, 0.25) is 0 Å². The van der Waals surface area contributed by atoms with E-state index in [2.05, 4.69) is 24.0 Å². The predicted molar refractivity (Wildman–Crippen MR) is 80.7 cm³/mol. The van der Waals surface area contributed by atoms with Crippen LogP contribution in [0.4, 0.5) is 0 Å². The molecule has 0 spiro atoms. The fourth-order valence-corrected chi connectivity index (χ4v) is 2.27. The van der Waals surface area contributed by atoms with E-state index in [9.17, 15) is 4.79 Å². The van der Waals surface area contributed by atoms with Crippen LogP contribution in [0.15, 0.2) is 43.0 Å². The summed E-state index contributed by atoms with van der Waals surface area (Å²) in [4.78, 5) is 14.1. The fraction of sp³-hybridized carbons (Fsp3) is 0.400. The van der Waals surface area contributed by atoms with Crippen LogP contribution in [0.1, 0.15) is 17.9 Å². The van der Waals surface area contributed by atoms with Crippen LogP contribution in [0.25, 0.3) is 0 Å². The van der Waals surface area contributed by atoms with E-state index >= 15 is 0 Å². The van der Waals surface area contributed by atoms with E-state index in [1.807, 2.05) is 29.2 Å². The van der Waals surface area contributed by atoms with Gasteiger partial charge >= 0.3 is 0 Å². The molecule has 1 aromatic carbocycles. The van der Waals surface area contributed by atoms with Gasteiger partial charge in [-0.15, -0.1) is 19.0 Å². The zero-order chi connectivity index (χ0) is 12.8. The molecule has 1 heterocycles. The van der Waals surface area contributed by atoms with Crippen molar-refractivity contribution in [3.05, 3.63) is 48.6 Å². The minimum absolute atomic E-state index is 0. The van der Waals surface area contributed by atoms with Gasteiger partial charge in [0.15, 0.2) is 0 Å². The Kier molecular flexibility index (Phi) is 6.60. The Morgan fingerprint density at radius 2 is 1.95 bits per heavy atom. The van der Waals surface area contributed by atoms with Crippen molar-refractivity contribution >= 4 is 18.3 Å². The molecule has 2 rings (SSSR count). The van der Waals surface area contributed by atoms with Crippen molar-refractivity contribution in [1.29, 1.82) is 0 Å². The summed E-state index contributed by atoms with van der Waals surface area (Å²) in [6.07, 6.45) is 2.39. The lowest BCUT2D eigenvalue weighted by molar-refractivity contribution is -0.131. The maximum atomic E-state index is 12.2. The first-order valence-electron chi connectivity index (χ1n) is 6.47. The Bertz CT molecular complexity index is 402. The van der Waals surface area contributed by atoms with E-state index in [4.69, 9.17) is 0 Å². The zero-order valence-corrected chi connectivity index (χ0v) is 11.9. The number of hydrogen-bond acceptors (Lipinski definition) is 2. The number of nitrogens with one attached hydrogen (secondary N) is 1. The molecule has 1 aliphatic heterocycles. The number of nitrogens with zero attached hydrogens (tertiary/aromatic N) is 1. The summed E-state index contributed by atoms with van der Waals surface area (Å²) in [5.41, 5.74) is 1.16. The highest BCUT2D eigenvalue weighted by Crippen LogP contribution is 2.21. The fourth-order valence-electron chi connectivity index (χ4n) is 2.27. The first-order chi connectivity index (χ1) is 8.81. The average Bonchev–Trinajstić information content (AvgIpc) is 2.46. The van der Waals surface area contributed by atoms with Gasteiger partial charge in [-0.3, -0.25) is 4.79 Å². The molecule has 0 saturated carbocycles. The Labute approximate surface area is 121 Å². The maximum Gasteiger partial charge on any atom is 0.223 e. The molecule has 1 fully saturated rings. The normalized spacial score (nSPS) is 16.3. The highest BCUT2D eigenvalue weighted by atomic mass is 35.5. The van der Waals surface area contributed by atoms with Gasteiger partial charge in [0.1, 0.15) is 0 Å². The molecular weight excluding hydrogens is 260 g/mol. The van der Waals surface area contributed by atoms with Gasteiger partial charge in [-0.25, -0.2) is 0 Å². The van der Waals surface area contributed by atoms with Gasteiger partial charge in [0.25, 0.3) is 0 Å². The minimum Gasteiger partial charge on any atom is -0.340 e. The molecule has 1 atom stereocenters. The van der Waals surface area contributed by atoms with Crippen molar-refractivity contribution in [2.75, 3.05) is 26.2 Å². The zero-order valence-electron chi connectivity index (χ0n) is 11.0. The van der Waals surface area contributed by atoms with E-state index in [-0.39, 0.29) is 24.2 Å². The summed E-state index contributed by atoms with van der Waals surface area (Å²) in [6.45, 7) is 7.28.